The van der Waals surface area contributed by atoms with Crippen molar-refractivity contribution in [3.05, 3.63) is 18.3 Å². The molecule has 1 rings (SSSR count). The molecule has 88 valence electrons. The van der Waals surface area contributed by atoms with Crippen molar-refractivity contribution < 1.29 is 9.53 Å². The molecule has 0 aliphatic rings. The number of amides is 1. The third-order valence-corrected chi connectivity index (χ3v) is 2.29. The van der Waals surface area contributed by atoms with Gasteiger partial charge in [0.1, 0.15) is 11.6 Å². The van der Waals surface area contributed by atoms with Crippen molar-refractivity contribution in [3.8, 4) is 5.75 Å². The average Bonchev–Trinajstić information content (AvgIpc) is 2.35. The number of methoxy groups -OCH3 is 1. The number of hydrogen-bond acceptors (Lipinski definition) is 4. The van der Waals surface area contributed by atoms with Crippen LogP contribution in [-0.2, 0) is 4.79 Å². The van der Waals surface area contributed by atoms with E-state index in [2.05, 4.69) is 10.3 Å². The topological polar surface area (TPSA) is 54.5 Å². The third kappa shape index (κ3) is 3.42. The lowest BCUT2D eigenvalue weighted by molar-refractivity contribution is -0.127. The van der Waals surface area contributed by atoms with Crippen molar-refractivity contribution in [2.45, 2.75) is 6.92 Å². The zero-order valence-corrected chi connectivity index (χ0v) is 9.86. The molecule has 5 heteroatoms. The number of aromatic nitrogens is 1. The lowest BCUT2D eigenvalue weighted by atomic mass is 10.4. The molecule has 1 aromatic heterocycles. The number of rotatable bonds is 5. The summed E-state index contributed by atoms with van der Waals surface area (Å²) in [6.45, 7) is 2.89. The summed E-state index contributed by atoms with van der Waals surface area (Å²) in [5.74, 6) is 1.40. The molecule has 0 atom stereocenters. The van der Waals surface area contributed by atoms with E-state index in [1.165, 1.54) is 0 Å². The summed E-state index contributed by atoms with van der Waals surface area (Å²) in [5.41, 5.74) is 0. The fraction of sp³-hybridized carbons (Fsp3) is 0.455. The van der Waals surface area contributed by atoms with E-state index in [0.29, 0.717) is 18.1 Å². The van der Waals surface area contributed by atoms with Gasteiger partial charge < -0.3 is 15.0 Å². The summed E-state index contributed by atoms with van der Waals surface area (Å²) in [6.07, 6.45) is 1.61. The number of pyridine rings is 1. The first-order chi connectivity index (χ1) is 7.67. The first kappa shape index (κ1) is 12.3. The highest BCUT2D eigenvalue weighted by molar-refractivity contribution is 5.80. The first-order valence-electron chi connectivity index (χ1n) is 5.15. The first-order valence-corrected chi connectivity index (χ1v) is 5.15. The Labute approximate surface area is 95.4 Å². The van der Waals surface area contributed by atoms with Crippen LogP contribution < -0.4 is 10.1 Å². The number of nitrogens with one attached hydrogen (secondary N) is 1. The van der Waals surface area contributed by atoms with Crippen LogP contribution in [-0.4, -0.2) is 43.0 Å². The lowest BCUT2D eigenvalue weighted by Gasteiger charge is -2.14. The fourth-order valence-corrected chi connectivity index (χ4v) is 1.08. The lowest BCUT2D eigenvalue weighted by Crippen LogP contribution is -2.32. The summed E-state index contributed by atoms with van der Waals surface area (Å²) < 4.78 is 4.98. The van der Waals surface area contributed by atoms with Crippen LogP contribution in [0, 0.1) is 0 Å². The molecule has 0 bridgehead atoms. The number of anilines is 1. The Morgan fingerprint density at radius 1 is 1.56 bits per heavy atom. The van der Waals surface area contributed by atoms with Gasteiger partial charge in [0, 0.05) is 13.6 Å². The van der Waals surface area contributed by atoms with Crippen molar-refractivity contribution in [1.82, 2.24) is 9.88 Å². The van der Waals surface area contributed by atoms with Crippen molar-refractivity contribution in [1.29, 1.82) is 0 Å². The van der Waals surface area contributed by atoms with Crippen LogP contribution in [0.5, 0.6) is 5.75 Å². The van der Waals surface area contributed by atoms with E-state index in [0.717, 1.165) is 0 Å². The second-order valence-electron chi connectivity index (χ2n) is 3.34. The number of likely N-dealkylation sites (N-methyl/N-ethyl adjacent to an activating group) is 1. The predicted molar refractivity (Wildman–Crippen MR) is 62.6 cm³/mol. The molecule has 0 aliphatic carbocycles. The number of ether oxygens (including phenoxy) is 1. The highest BCUT2D eigenvalue weighted by atomic mass is 16.5. The number of nitrogens with zero attached hydrogens (tertiary/aromatic N) is 2. The molecular weight excluding hydrogens is 206 g/mol. The van der Waals surface area contributed by atoms with Gasteiger partial charge in [0.15, 0.2) is 0 Å². The van der Waals surface area contributed by atoms with Crippen LogP contribution in [0.3, 0.4) is 0 Å². The quantitative estimate of drug-likeness (QED) is 0.808. The molecule has 0 saturated carbocycles. The van der Waals surface area contributed by atoms with Crippen LogP contribution in [0.1, 0.15) is 6.92 Å². The van der Waals surface area contributed by atoms with Crippen molar-refractivity contribution in [2.75, 3.05) is 32.6 Å². The predicted octanol–water partition coefficient (Wildman–Crippen LogP) is 0.980. The van der Waals surface area contributed by atoms with E-state index in [4.69, 9.17) is 4.74 Å². The number of carbonyl (C=O) groups is 1. The van der Waals surface area contributed by atoms with Gasteiger partial charge in [0.2, 0.25) is 5.91 Å². The molecule has 1 N–H and O–H groups in total. The standard InChI is InChI=1S/C11H17N3O2/c1-4-14(2)11(15)8-13-10-6-5-9(16-3)7-12-10/h5-7H,4,8H2,1-3H3,(H,12,13). The maximum atomic E-state index is 11.5. The van der Waals surface area contributed by atoms with Gasteiger partial charge >= 0.3 is 0 Å². The minimum absolute atomic E-state index is 0.0418. The van der Waals surface area contributed by atoms with Crippen molar-refractivity contribution in [3.63, 3.8) is 0 Å². The Morgan fingerprint density at radius 3 is 2.81 bits per heavy atom. The Kier molecular flexibility index (Phi) is 4.57. The molecule has 0 aromatic carbocycles. The SMILES string of the molecule is CCN(C)C(=O)CNc1ccc(OC)cn1. The fourth-order valence-electron chi connectivity index (χ4n) is 1.08. The second-order valence-corrected chi connectivity index (χ2v) is 3.34. The molecule has 0 radical (unpaired) electrons. The van der Waals surface area contributed by atoms with Crippen LogP contribution in [0.25, 0.3) is 0 Å². The van der Waals surface area contributed by atoms with E-state index in [1.807, 2.05) is 6.92 Å². The Hall–Kier alpha value is -1.78. The average molecular weight is 223 g/mol. The zero-order valence-electron chi connectivity index (χ0n) is 9.86. The molecule has 0 aliphatic heterocycles. The molecule has 0 spiro atoms. The molecule has 1 aromatic rings. The molecule has 0 fully saturated rings. The highest BCUT2D eigenvalue weighted by Crippen LogP contribution is 2.10. The Bertz CT molecular complexity index is 338. The van der Waals surface area contributed by atoms with Crippen LogP contribution in [0.2, 0.25) is 0 Å². The summed E-state index contributed by atoms with van der Waals surface area (Å²) in [5, 5.41) is 2.95. The number of hydrogen-bond donors (Lipinski definition) is 1. The monoisotopic (exact) mass is 223 g/mol. The van der Waals surface area contributed by atoms with E-state index in [-0.39, 0.29) is 12.5 Å². The highest BCUT2D eigenvalue weighted by Gasteiger charge is 2.05. The zero-order chi connectivity index (χ0) is 12.0. The van der Waals surface area contributed by atoms with Crippen LogP contribution in [0.15, 0.2) is 18.3 Å². The van der Waals surface area contributed by atoms with Gasteiger partial charge in [-0.05, 0) is 19.1 Å². The summed E-state index contributed by atoms with van der Waals surface area (Å²) >= 11 is 0. The van der Waals surface area contributed by atoms with Gasteiger partial charge in [-0.1, -0.05) is 0 Å². The molecule has 16 heavy (non-hydrogen) atoms. The molecule has 0 saturated heterocycles. The van der Waals surface area contributed by atoms with E-state index in [9.17, 15) is 4.79 Å². The minimum atomic E-state index is 0.0418. The molecule has 1 amide bonds. The molecule has 5 nitrogen and oxygen atoms in total. The van der Waals surface area contributed by atoms with Gasteiger partial charge in [-0.15, -0.1) is 0 Å². The van der Waals surface area contributed by atoms with Gasteiger partial charge in [0.25, 0.3) is 0 Å². The Balaban J connectivity index is 2.45. The van der Waals surface area contributed by atoms with Gasteiger partial charge in [-0.3, -0.25) is 4.79 Å². The maximum Gasteiger partial charge on any atom is 0.241 e. The van der Waals surface area contributed by atoms with Gasteiger partial charge in [0.05, 0.1) is 19.9 Å². The Morgan fingerprint density at radius 2 is 2.31 bits per heavy atom. The summed E-state index contributed by atoms with van der Waals surface area (Å²) in [4.78, 5) is 17.2. The van der Waals surface area contributed by atoms with E-state index < -0.39 is 0 Å². The van der Waals surface area contributed by atoms with Crippen LogP contribution >= 0.6 is 0 Å². The smallest absolute Gasteiger partial charge is 0.241 e. The van der Waals surface area contributed by atoms with Crippen molar-refractivity contribution in [2.24, 2.45) is 0 Å². The third-order valence-electron chi connectivity index (χ3n) is 2.29. The van der Waals surface area contributed by atoms with Gasteiger partial charge in [-0.25, -0.2) is 4.98 Å². The van der Waals surface area contributed by atoms with E-state index >= 15 is 0 Å². The maximum absolute atomic E-state index is 11.5. The van der Waals surface area contributed by atoms with Crippen LogP contribution in [0.4, 0.5) is 5.82 Å². The van der Waals surface area contributed by atoms with Crippen molar-refractivity contribution >= 4 is 11.7 Å². The molecular formula is C11H17N3O2. The normalized spacial score (nSPS) is 9.69. The molecule has 1 heterocycles. The number of carbonyl (C=O) groups excluding carboxylic acids is 1. The summed E-state index contributed by atoms with van der Waals surface area (Å²) in [7, 11) is 3.36. The second kappa shape index (κ2) is 5.95. The van der Waals surface area contributed by atoms with E-state index in [1.54, 1.807) is 37.4 Å². The largest absolute Gasteiger partial charge is 0.495 e. The summed E-state index contributed by atoms with van der Waals surface area (Å²) in [6, 6.07) is 3.57. The minimum Gasteiger partial charge on any atom is -0.495 e. The van der Waals surface area contributed by atoms with Gasteiger partial charge in [-0.2, -0.15) is 0 Å². The molecule has 0 unspecified atom stereocenters.